The monoisotopic (exact) mass is 645 g/mol. The number of anilines is 1. The molecule has 0 saturated carbocycles. The fourth-order valence-corrected chi connectivity index (χ4v) is 5.72. The van der Waals surface area contributed by atoms with Gasteiger partial charge in [0.05, 0.1) is 22.7 Å². The number of ether oxygens (including phenoxy) is 1. The Kier molecular flexibility index (Phi) is 9.47. The number of unbranched alkanes of at least 4 members (excludes halogenated alkanes) is 1. The lowest BCUT2D eigenvalue weighted by atomic mass is 10.0. The standard InChI is InChI=1S/C31H34F3N5O5S/c1-5-6-11-27-36-39(25-18-22(35)16-17-24(25)31(32,33)34)29(41)38(27)19-20-12-14-21(15-13-20)23-9-7-8-10-26(23)45(42,43)37-28(40)44-30(2,3)4/h7-10,12-18H,5-6,11,19,35H2,1-4H3,(H,37,40). The minimum Gasteiger partial charge on any atom is -0.443 e. The number of nitrogens with zero attached hydrogens (tertiary/aromatic N) is 3. The predicted octanol–water partition coefficient (Wildman–Crippen LogP) is 5.91. The summed E-state index contributed by atoms with van der Waals surface area (Å²) in [5, 5.41) is 4.28. The summed E-state index contributed by atoms with van der Waals surface area (Å²) in [5.74, 6) is 0.311. The Morgan fingerprint density at radius 3 is 2.31 bits per heavy atom. The van der Waals surface area contributed by atoms with Crippen LogP contribution in [-0.2, 0) is 33.9 Å². The Bertz CT molecular complexity index is 1860. The van der Waals surface area contributed by atoms with Crippen molar-refractivity contribution in [1.82, 2.24) is 19.1 Å². The average Bonchev–Trinajstić information content (AvgIpc) is 3.24. The molecule has 0 atom stereocenters. The summed E-state index contributed by atoms with van der Waals surface area (Å²) in [4.78, 5) is 25.6. The molecule has 0 aliphatic heterocycles. The quantitative estimate of drug-likeness (QED) is 0.216. The van der Waals surface area contributed by atoms with Crippen LogP contribution in [0, 0.1) is 0 Å². The Labute approximate surface area is 258 Å². The van der Waals surface area contributed by atoms with Crippen molar-refractivity contribution >= 4 is 21.8 Å². The zero-order valence-electron chi connectivity index (χ0n) is 25.2. The number of benzene rings is 3. The number of hydrogen-bond acceptors (Lipinski definition) is 7. The van der Waals surface area contributed by atoms with Crippen molar-refractivity contribution in [3.8, 4) is 16.8 Å². The summed E-state index contributed by atoms with van der Waals surface area (Å²) < 4.78 is 76.7. The smallest absolute Gasteiger partial charge is 0.421 e. The Morgan fingerprint density at radius 2 is 1.69 bits per heavy atom. The van der Waals surface area contributed by atoms with Crippen molar-refractivity contribution < 1.29 is 31.1 Å². The average molecular weight is 646 g/mol. The largest absolute Gasteiger partial charge is 0.443 e. The summed E-state index contributed by atoms with van der Waals surface area (Å²) in [5.41, 5.74) is 4.10. The predicted molar refractivity (Wildman–Crippen MR) is 163 cm³/mol. The highest BCUT2D eigenvalue weighted by Gasteiger charge is 2.35. The molecule has 0 radical (unpaired) electrons. The van der Waals surface area contributed by atoms with E-state index in [9.17, 15) is 31.2 Å². The number of aromatic nitrogens is 3. The van der Waals surface area contributed by atoms with E-state index in [-0.39, 0.29) is 17.1 Å². The normalized spacial score (nSPS) is 12.2. The highest BCUT2D eigenvalue weighted by Crippen LogP contribution is 2.34. The van der Waals surface area contributed by atoms with Gasteiger partial charge in [0.1, 0.15) is 11.4 Å². The van der Waals surface area contributed by atoms with Gasteiger partial charge >= 0.3 is 18.0 Å². The molecule has 4 rings (SSSR count). The zero-order valence-corrected chi connectivity index (χ0v) is 26.0. The van der Waals surface area contributed by atoms with E-state index in [2.05, 4.69) is 5.10 Å². The number of amides is 1. The zero-order chi connectivity index (χ0) is 33.2. The number of nitrogens with one attached hydrogen (secondary N) is 1. The van der Waals surface area contributed by atoms with Gasteiger partial charge in [-0.05, 0) is 62.6 Å². The van der Waals surface area contributed by atoms with Gasteiger partial charge in [-0.25, -0.2) is 22.7 Å². The molecule has 14 heteroatoms. The van der Waals surface area contributed by atoms with Crippen molar-refractivity contribution in [3.05, 3.63) is 94.2 Å². The van der Waals surface area contributed by atoms with E-state index in [0.717, 1.165) is 29.3 Å². The van der Waals surface area contributed by atoms with Crippen molar-refractivity contribution in [1.29, 1.82) is 0 Å². The molecule has 4 aromatic rings. The molecule has 0 unspecified atom stereocenters. The second kappa shape index (κ2) is 12.8. The molecular formula is C31H34F3N5O5S. The summed E-state index contributed by atoms with van der Waals surface area (Å²) in [6, 6.07) is 15.8. The number of nitrogen functional groups attached to an aromatic ring is 1. The molecule has 0 aliphatic carbocycles. The minimum absolute atomic E-state index is 0.00196. The van der Waals surface area contributed by atoms with Crippen LogP contribution in [0.2, 0.25) is 0 Å². The highest BCUT2D eigenvalue weighted by atomic mass is 32.2. The number of alkyl halides is 3. The lowest BCUT2D eigenvalue weighted by Crippen LogP contribution is -2.36. The van der Waals surface area contributed by atoms with Crippen LogP contribution < -0.4 is 16.1 Å². The Balaban J connectivity index is 1.68. The molecule has 3 N–H and O–H groups in total. The number of carbonyl (C=O) groups excluding carboxylic acids is 1. The first-order valence-corrected chi connectivity index (χ1v) is 15.6. The topological polar surface area (TPSA) is 138 Å². The van der Waals surface area contributed by atoms with Gasteiger partial charge in [-0.15, -0.1) is 5.10 Å². The SMILES string of the molecule is CCCCc1nn(-c2cc(N)ccc2C(F)(F)F)c(=O)n1Cc1ccc(-c2ccccc2S(=O)(=O)NC(=O)OC(C)(C)C)cc1. The first kappa shape index (κ1) is 33.3. The first-order valence-electron chi connectivity index (χ1n) is 14.1. The Morgan fingerprint density at radius 1 is 1.02 bits per heavy atom. The minimum atomic E-state index is -4.74. The van der Waals surface area contributed by atoms with Gasteiger partial charge in [-0.2, -0.15) is 17.9 Å². The number of carbonyl (C=O) groups is 1. The third kappa shape index (κ3) is 7.93. The molecule has 10 nitrogen and oxygen atoms in total. The van der Waals surface area contributed by atoms with Crippen LogP contribution in [0.4, 0.5) is 23.7 Å². The molecule has 45 heavy (non-hydrogen) atoms. The number of halogens is 3. The van der Waals surface area contributed by atoms with E-state index in [0.29, 0.717) is 35.4 Å². The van der Waals surface area contributed by atoms with Gasteiger partial charge in [-0.3, -0.25) is 4.57 Å². The van der Waals surface area contributed by atoms with E-state index in [1.807, 2.05) is 11.6 Å². The maximum absolute atomic E-state index is 13.8. The van der Waals surface area contributed by atoms with Crippen molar-refractivity contribution in [3.63, 3.8) is 0 Å². The number of nitrogens with two attached hydrogens (primary N) is 1. The molecular weight excluding hydrogens is 611 g/mol. The summed E-state index contributed by atoms with van der Waals surface area (Å²) >= 11 is 0. The Hall–Kier alpha value is -4.59. The van der Waals surface area contributed by atoms with E-state index in [4.69, 9.17) is 10.5 Å². The third-order valence-corrected chi connectivity index (χ3v) is 8.02. The molecule has 1 amide bonds. The van der Waals surface area contributed by atoms with E-state index >= 15 is 0 Å². The maximum atomic E-state index is 13.8. The van der Waals surface area contributed by atoms with Gasteiger partial charge in [0.2, 0.25) is 0 Å². The van der Waals surface area contributed by atoms with Gasteiger partial charge in [0, 0.05) is 17.7 Å². The molecule has 1 heterocycles. The molecule has 0 saturated heterocycles. The summed E-state index contributed by atoms with van der Waals surface area (Å²) in [6.45, 7) is 6.77. The molecule has 0 spiro atoms. The van der Waals surface area contributed by atoms with Gasteiger partial charge < -0.3 is 10.5 Å². The van der Waals surface area contributed by atoms with Gasteiger partial charge in [0.15, 0.2) is 0 Å². The lowest BCUT2D eigenvalue weighted by molar-refractivity contribution is -0.137. The van der Waals surface area contributed by atoms with Crippen LogP contribution in [0.25, 0.3) is 16.8 Å². The van der Waals surface area contributed by atoms with E-state index in [1.165, 1.54) is 16.7 Å². The van der Waals surface area contributed by atoms with E-state index in [1.54, 1.807) is 57.2 Å². The molecule has 3 aromatic carbocycles. The lowest BCUT2D eigenvalue weighted by Gasteiger charge is -2.20. The van der Waals surface area contributed by atoms with Crippen LogP contribution in [0.15, 0.2) is 76.4 Å². The third-order valence-electron chi connectivity index (χ3n) is 6.65. The van der Waals surface area contributed by atoms with Crippen LogP contribution in [0.3, 0.4) is 0 Å². The second-order valence-electron chi connectivity index (χ2n) is 11.4. The molecule has 0 fully saturated rings. The van der Waals surface area contributed by atoms with Crippen LogP contribution in [0.5, 0.6) is 0 Å². The molecule has 240 valence electrons. The molecule has 1 aromatic heterocycles. The fraction of sp³-hybridized carbons (Fsp3) is 0.323. The van der Waals surface area contributed by atoms with Crippen molar-refractivity contribution in [2.75, 3.05) is 5.73 Å². The summed E-state index contributed by atoms with van der Waals surface area (Å²) in [6.07, 6.45) is -4.07. The van der Waals surface area contributed by atoms with Crippen LogP contribution >= 0.6 is 0 Å². The summed E-state index contributed by atoms with van der Waals surface area (Å²) in [7, 11) is -4.30. The van der Waals surface area contributed by atoms with Gasteiger partial charge in [-0.1, -0.05) is 55.8 Å². The van der Waals surface area contributed by atoms with Crippen LogP contribution in [0.1, 0.15) is 57.5 Å². The molecule has 0 bridgehead atoms. The number of rotatable bonds is 9. The number of sulfonamides is 1. The first-order chi connectivity index (χ1) is 21.0. The van der Waals surface area contributed by atoms with Gasteiger partial charge in [0.25, 0.3) is 10.0 Å². The highest BCUT2D eigenvalue weighted by molar-refractivity contribution is 7.90. The van der Waals surface area contributed by atoms with Crippen molar-refractivity contribution in [2.45, 2.75) is 70.2 Å². The maximum Gasteiger partial charge on any atom is 0.421 e. The van der Waals surface area contributed by atoms with Crippen molar-refractivity contribution in [2.24, 2.45) is 0 Å². The fourth-order valence-electron chi connectivity index (χ4n) is 4.61. The van der Waals surface area contributed by atoms with E-state index < -0.39 is 44.8 Å². The number of hydrogen-bond donors (Lipinski definition) is 2. The number of aryl methyl sites for hydroxylation is 1. The second-order valence-corrected chi connectivity index (χ2v) is 13.0. The molecule has 0 aliphatic rings. The van der Waals surface area contributed by atoms with Crippen LogP contribution in [-0.4, -0.2) is 34.5 Å².